The molecule has 17 heavy (non-hydrogen) atoms. The van der Waals surface area contributed by atoms with Crippen LogP contribution >= 0.6 is 27.5 Å². The quantitative estimate of drug-likeness (QED) is 0.831. The molecule has 1 aromatic heterocycles. The lowest BCUT2D eigenvalue weighted by atomic mass is 10.1. The molecular weight excluding hydrogens is 310 g/mol. The van der Waals surface area contributed by atoms with Crippen LogP contribution in [0.3, 0.4) is 0 Å². The van der Waals surface area contributed by atoms with E-state index in [0.717, 1.165) is 12.8 Å². The molecule has 90 valence electrons. The second-order valence-electron chi connectivity index (χ2n) is 4.33. The van der Waals surface area contributed by atoms with Gasteiger partial charge in [0.1, 0.15) is 17.7 Å². The van der Waals surface area contributed by atoms with Crippen molar-refractivity contribution in [3.63, 3.8) is 0 Å². The zero-order valence-electron chi connectivity index (χ0n) is 8.71. The summed E-state index contributed by atoms with van der Waals surface area (Å²) in [6, 6.07) is 2.99. The fraction of sp³-hybridized carbons (Fsp3) is 0.333. The van der Waals surface area contributed by atoms with Gasteiger partial charge in [-0.2, -0.15) is 0 Å². The molecule has 1 aromatic carbocycles. The Morgan fingerprint density at radius 2 is 2.18 bits per heavy atom. The number of aliphatic hydroxyl groups excluding tert-OH is 1. The van der Waals surface area contributed by atoms with Gasteiger partial charge in [0.15, 0.2) is 5.58 Å². The second kappa shape index (κ2) is 3.97. The summed E-state index contributed by atoms with van der Waals surface area (Å²) >= 11 is 9.07. The Morgan fingerprint density at radius 3 is 2.82 bits per heavy atom. The third-order valence-corrected chi connectivity index (χ3v) is 3.89. The SMILES string of the molecule is OC(c1cc2c(F)c(Br)cc(Cl)c2o1)C1CC1. The van der Waals surface area contributed by atoms with Gasteiger partial charge in [-0.1, -0.05) is 11.6 Å². The molecule has 1 fully saturated rings. The molecule has 1 N–H and O–H groups in total. The predicted octanol–water partition coefficient (Wildman–Crippen LogP) is 4.43. The van der Waals surface area contributed by atoms with Crippen molar-refractivity contribution in [2.75, 3.05) is 0 Å². The van der Waals surface area contributed by atoms with Crippen LogP contribution < -0.4 is 0 Å². The first-order valence-electron chi connectivity index (χ1n) is 5.33. The second-order valence-corrected chi connectivity index (χ2v) is 5.59. The molecule has 0 amide bonds. The number of halogens is 3. The molecule has 0 radical (unpaired) electrons. The van der Waals surface area contributed by atoms with Crippen molar-refractivity contribution in [2.24, 2.45) is 5.92 Å². The van der Waals surface area contributed by atoms with E-state index < -0.39 is 11.9 Å². The van der Waals surface area contributed by atoms with E-state index in [4.69, 9.17) is 16.0 Å². The van der Waals surface area contributed by atoms with Crippen molar-refractivity contribution < 1.29 is 13.9 Å². The van der Waals surface area contributed by atoms with Crippen LogP contribution in [0.4, 0.5) is 4.39 Å². The van der Waals surface area contributed by atoms with E-state index in [1.54, 1.807) is 0 Å². The number of benzene rings is 1. The lowest BCUT2D eigenvalue weighted by molar-refractivity contribution is 0.129. The van der Waals surface area contributed by atoms with Gasteiger partial charge in [-0.25, -0.2) is 4.39 Å². The van der Waals surface area contributed by atoms with Gasteiger partial charge < -0.3 is 9.52 Å². The molecule has 1 aliphatic rings. The van der Waals surface area contributed by atoms with Crippen molar-refractivity contribution in [1.82, 2.24) is 0 Å². The van der Waals surface area contributed by atoms with Crippen molar-refractivity contribution in [1.29, 1.82) is 0 Å². The molecule has 2 nitrogen and oxygen atoms in total. The summed E-state index contributed by atoms with van der Waals surface area (Å²) in [4.78, 5) is 0. The van der Waals surface area contributed by atoms with Crippen LogP contribution in [0.5, 0.6) is 0 Å². The number of aliphatic hydroxyl groups is 1. The van der Waals surface area contributed by atoms with Crippen LogP contribution in [0, 0.1) is 11.7 Å². The van der Waals surface area contributed by atoms with E-state index in [0.29, 0.717) is 26.2 Å². The van der Waals surface area contributed by atoms with E-state index in [-0.39, 0.29) is 5.92 Å². The van der Waals surface area contributed by atoms with Gasteiger partial charge in [0.2, 0.25) is 0 Å². The molecule has 1 heterocycles. The van der Waals surface area contributed by atoms with Crippen molar-refractivity contribution in [2.45, 2.75) is 18.9 Å². The first-order valence-corrected chi connectivity index (χ1v) is 6.50. The largest absolute Gasteiger partial charge is 0.457 e. The molecule has 1 saturated carbocycles. The molecule has 5 heteroatoms. The average molecular weight is 320 g/mol. The Kier molecular flexibility index (Phi) is 2.69. The van der Waals surface area contributed by atoms with Crippen molar-refractivity contribution in [3.05, 3.63) is 33.2 Å². The molecule has 2 aromatic rings. The molecule has 1 unspecified atom stereocenters. The van der Waals surface area contributed by atoms with Gasteiger partial charge >= 0.3 is 0 Å². The maximum absolute atomic E-state index is 13.8. The highest BCUT2D eigenvalue weighted by atomic mass is 79.9. The van der Waals surface area contributed by atoms with Gasteiger partial charge in [-0.05, 0) is 46.8 Å². The minimum absolute atomic E-state index is 0.237. The number of hydrogen-bond acceptors (Lipinski definition) is 2. The van der Waals surface area contributed by atoms with Crippen LogP contribution in [0.1, 0.15) is 24.7 Å². The van der Waals surface area contributed by atoms with Crippen LogP contribution in [-0.2, 0) is 0 Å². The van der Waals surface area contributed by atoms with Crippen LogP contribution in [0.25, 0.3) is 11.0 Å². The highest BCUT2D eigenvalue weighted by Gasteiger charge is 2.33. The summed E-state index contributed by atoms with van der Waals surface area (Å²) in [6.07, 6.45) is 1.31. The molecule has 1 atom stereocenters. The van der Waals surface area contributed by atoms with Crippen LogP contribution in [0.15, 0.2) is 21.0 Å². The summed E-state index contributed by atoms with van der Waals surface area (Å²) in [5, 5.41) is 10.6. The maximum atomic E-state index is 13.8. The predicted molar refractivity (Wildman–Crippen MR) is 66.6 cm³/mol. The summed E-state index contributed by atoms with van der Waals surface area (Å²) < 4.78 is 19.6. The van der Waals surface area contributed by atoms with Gasteiger partial charge in [-0.15, -0.1) is 0 Å². The van der Waals surface area contributed by atoms with Crippen molar-refractivity contribution in [3.8, 4) is 0 Å². The maximum Gasteiger partial charge on any atom is 0.156 e. The normalized spacial score (nSPS) is 17.6. The van der Waals surface area contributed by atoms with E-state index in [2.05, 4.69) is 15.9 Å². The molecule has 0 saturated heterocycles. The highest BCUT2D eigenvalue weighted by molar-refractivity contribution is 9.10. The lowest BCUT2D eigenvalue weighted by Gasteiger charge is -2.03. The van der Waals surface area contributed by atoms with Crippen LogP contribution in [-0.4, -0.2) is 5.11 Å². The van der Waals surface area contributed by atoms with Gasteiger partial charge in [-0.3, -0.25) is 0 Å². The Bertz CT molecular complexity index is 592. The number of fused-ring (bicyclic) bond motifs is 1. The number of hydrogen-bond donors (Lipinski definition) is 1. The standard InChI is InChI=1S/C12H9BrClFO2/c13-7-4-8(14)12-6(10(7)15)3-9(17-12)11(16)5-1-2-5/h3-5,11,16H,1-2H2. The first kappa shape index (κ1) is 11.5. The fourth-order valence-corrected chi connectivity index (χ4v) is 2.73. The van der Waals surface area contributed by atoms with E-state index >= 15 is 0 Å². The Hall–Kier alpha value is -0.580. The summed E-state index contributed by atoms with van der Waals surface area (Å²) in [7, 11) is 0. The zero-order valence-corrected chi connectivity index (χ0v) is 11.1. The molecule has 1 aliphatic carbocycles. The third-order valence-electron chi connectivity index (χ3n) is 3.03. The molecule has 0 bridgehead atoms. The molecule has 0 spiro atoms. The average Bonchev–Trinajstić information content (AvgIpc) is 3.03. The number of rotatable bonds is 2. The van der Waals surface area contributed by atoms with Gasteiger partial charge in [0, 0.05) is 0 Å². The lowest BCUT2D eigenvalue weighted by Crippen LogP contribution is -1.96. The van der Waals surface area contributed by atoms with Crippen molar-refractivity contribution >= 4 is 38.5 Å². The third kappa shape index (κ3) is 1.88. The van der Waals surface area contributed by atoms with E-state index in [1.807, 2.05) is 0 Å². The monoisotopic (exact) mass is 318 g/mol. The minimum Gasteiger partial charge on any atom is -0.457 e. The topological polar surface area (TPSA) is 33.4 Å². The van der Waals surface area contributed by atoms with E-state index in [1.165, 1.54) is 12.1 Å². The van der Waals surface area contributed by atoms with E-state index in [9.17, 15) is 9.50 Å². The van der Waals surface area contributed by atoms with Crippen LogP contribution in [0.2, 0.25) is 5.02 Å². The molecule has 3 rings (SSSR count). The Morgan fingerprint density at radius 1 is 1.47 bits per heavy atom. The molecule has 0 aliphatic heterocycles. The Labute approximate surface area is 110 Å². The summed E-state index contributed by atoms with van der Waals surface area (Å²) in [5.74, 6) is 0.213. The summed E-state index contributed by atoms with van der Waals surface area (Å²) in [5.41, 5.74) is 0.294. The fourth-order valence-electron chi connectivity index (χ4n) is 1.91. The highest BCUT2D eigenvalue weighted by Crippen LogP contribution is 2.43. The smallest absolute Gasteiger partial charge is 0.156 e. The Balaban J connectivity index is 2.17. The first-order chi connectivity index (χ1) is 8.08. The van der Waals surface area contributed by atoms with Gasteiger partial charge in [0.25, 0.3) is 0 Å². The van der Waals surface area contributed by atoms with Gasteiger partial charge in [0.05, 0.1) is 14.9 Å². The number of furan rings is 1. The zero-order chi connectivity index (χ0) is 12.2. The summed E-state index contributed by atoms with van der Waals surface area (Å²) in [6.45, 7) is 0. The minimum atomic E-state index is -0.656. The molecular formula is C12H9BrClFO2.